The average molecular weight is 399 g/mol. The van der Waals surface area contributed by atoms with Crippen molar-refractivity contribution in [2.24, 2.45) is 0 Å². The van der Waals surface area contributed by atoms with Crippen molar-refractivity contribution in [3.63, 3.8) is 0 Å². The Bertz CT molecular complexity index is 565. The summed E-state index contributed by atoms with van der Waals surface area (Å²) in [5.41, 5.74) is 0.798. The molecule has 0 aliphatic rings. The van der Waals surface area contributed by atoms with Gasteiger partial charge < -0.3 is 5.32 Å². The summed E-state index contributed by atoms with van der Waals surface area (Å²) in [4.78, 5) is 3.95. The first-order valence-electron chi connectivity index (χ1n) is 4.34. The summed E-state index contributed by atoms with van der Waals surface area (Å²) in [6, 6.07) is 5.64. The molecular formula is C9H4Br2Cl2N4. The zero-order valence-corrected chi connectivity index (χ0v) is 12.8. The van der Waals surface area contributed by atoms with Crippen LogP contribution >= 0.6 is 55.1 Å². The molecule has 88 valence electrons. The summed E-state index contributed by atoms with van der Waals surface area (Å²) >= 11 is 18.3. The third-order valence-electron chi connectivity index (χ3n) is 1.80. The third-order valence-corrected chi connectivity index (χ3v) is 3.37. The Balaban J connectivity index is 2.34. The van der Waals surface area contributed by atoms with Crippen LogP contribution in [0.2, 0.25) is 10.4 Å². The lowest BCUT2D eigenvalue weighted by Gasteiger charge is -2.08. The Morgan fingerprint density at radius 2 is 1.88 bits per heavy atom. The van der Waals surface area contributed by atoms with Gasteiger partial charge in [-0.2, -0.15) is 4.98 Å². The van der Waals surface area contributed by atoms with E-state index in [1.807, 2.05) is 18.2 Å². The number of anilines is 2. The maximum absolute atomic E-state index is 5.85. The number of nitrogens with zero attached hydrogens (tertiary/aromatic N) is 3. The quantitative estimate of drug-likeness (QED) is 0.812. The Labute approximate surface area is 124 Å². The first kappa shape index (κ1) is 13.0. The van der Waals surface area contributed by atoms with Crippen molar-refractivity contribution in [1.29, 1.82) is 0 Å². The number of aromatic nitrogens is 3. The summed E-state index contributed by atoms with van der Waals surface area (Å²) in [7, 11) is 0. The lowest BCUT2D eigenvalue weighted by Crippen LogP contribution is -1.99. The van der Waals surface area contributed by atoms with Crippen molar-refractivity contribution in [2.75, 3.05) is 5.32 Å². The molecule has 0 aliphatic carbocycles. The van der Waals surface area contributed by atoms with Crippen molar-refractivity contribution < 1.29 is 0 Å². The van der Waals surface area contributed by atoms with Crippen LogP contribution in [0, 0.1) is 0 Å². The van der Waals surface area contributed by atoms with Crippen molar-refractivity contribution in [3.8, 4) is 0 Å². The van der Waals surface area contributed by atoms with E-state index in [1.54, 1.807) is 0 Å². The molecule has 1 N–H and O–H groups in total. The van der Waals surface area contributed by atoms with E-state index < -0.39 is 0 Å². The van der Waals surface area contributed by atoms with Gasteiger partial charge in [0, 0.05) is 8.95 Å². The normalized spacial score (nSPS) is 10.4. The van der Waals surface area contributed by atoms with E-state index in [9.17, 15) is 0 Å². The predicted molar refractivity (Wildman–Crippen MR) is 75.0 cm³/mol. The van der Waals surface area contributed by atoms with Crippen LogP contribution < -0.4 is 5.32 Å². The Morgan fingerprint density at radius 1 is 1.12 bits per heavy atom. The predicted octanol–water partition coefficient (Wildman–Crippen LogP) is 4.45. The Hall–Kier alpha value is -0.430. The van der Waals surface area contributed by atoms with E-state index in [4.69, 9.17) is 23.2 Å². The van der Waals surface area contributed by atoms with Gasteiger partial charge in [-0.15, -0.1) is 10.2 Å². The molecule has 0 atom stereocenters. The van der Waals surface area contributed by atoms with Crippen LogP contribution in [0.4, 0.5) is 11.5 Å². The van der Waals surface area contributed by atoms with Crippen LogP contribution in [0.5, 0.6) is 0 Å². The lowest BCUT2D eigenvalue weighted by molar-refractivity contribution is 0.974. The fraction of sp³-hybridized carbons (Fsp3) is 0. The molecule has 8 heteroatoms. The van der Waals surface area contributed by atoms with E-state index in [-0.39, 0.29) is 10.4 Å². The van der Waals surface area contributed by atoms with Crippen molar-refractivity contribution in [1.82, 2.24) is 15.2 Å². The lowest BCUT2D eigenvalue weighted by atomic mass is 10.3. The van der Waals surface area contributed by atoms with Gasteiger partial charge in [0.05, 0.1) is 5.69 Å². The molecule has 0 spiro atoms. The maximum Gasteiger partial charge on any atom is 0.245 e. The van der Waals surface area contributed by atoms with Gasteiger partial charge in [-0.1, -0.05) is 27.5 Å². The van der Waals surface area contributed by atoms with E-state index in [0.29, 0.717) is 5.82 Å². The Kier molecular flexibility index (Phi) is 4.19. The molecule has 0 saturated carbocycles. The molecule has 0 amide bonds. The number of halogens is 4. The molecule has 0 bridgehead atoms. The summed E-state index contributed by atoms with van der Waals surface area (Å²) < 4.78 is 1.82. The first-order valence-corrected chi connectivity index (χ1v) is 6.68. The third kappa shape index (κ3) is 3.28. The second-order valence-electron chi connectivity index (χ2n) is 2.97. The molecule has 0 saturated heterocycles. The molecule has 1 heterocycles. The summed E-state index contributed by atoms with van der Waals surface area (Å²) in [6.45, 7) is 0. The molecule has 1 aromatic carbocycles. The highest BCUT2D eigenvalue weighted by Gasteiger charge is 2.08. The average Bonchev–Trinajstić information content (AvgIpc) is 2.27. The topological polar surface area (TPSA) is 50.7 Å². The van der Waals surface area contributed by atoms with E-state index in [0.717, 1.165) is 14.6 Å². The molecule has 0 aliphatic heterocycles. The highest BCUT2D eigenvalue weighted by molar-refractivity contribution is 9.11. The molecule has 0 fully saturated rings. The van der Waals surface area contributed by atoms with Crippen molar-refractivity contribution in [2.45, 2.75) is 0 Å². The second kappa shape index (κ2) is 5.48. The molecule has 2 rings (SSSR count). The van der Waals surface area contributed by atoms with E-state index in [1.165, 1.54) is 0 Å². The molecule has 17 heavy (non-hydrogen) atoms. The molecule has 1 aromatic heterocycles. The minimum atomic E-state index is 0.0325. The van der Waals surface area contributed by atoms with Gasteiger partial charge in [0.1, 0.15) is 0 Å². The van der Waals surface area contributed by atoms with E-state index >= 15 is 0 Å². The number of rotatable bonds is 2. The molecular weight excluding hydrogens is 395 g/mol. The van der Waals surface area contributed by atoms with Crippen LogP contribution in [0.15, 0.2) is 27.1 Å². The minimum absolute atomic E-state index is 0.0325. The highest BCUT2D eigenvalue weighted by atomic mass is 79.9. The highest BCUT2D eigenvalue weighted by Crippen LogP contribution is 2.30. The van der Waals surface area contributed by atoms with Gasteiger partial charge in [-0.05, 0) is 45.7 Å². The van der Waals surface area contributed by atoms with Gasteiger partial charge in [0.2, 0.25) is 5.28 Å². The van der Waals surface area contributed by atoms with Gasteiger partial charge in [-0.25, -0.2) is 0 Å². The molecule has 4 nitrogen and oxygen atoms in total. The van der Waals surface area contributed by atoms with Crippen molar-refractivity contribution in [3.05, 3.63) is 37.6 Å². The van der Waals surface area contributed by atoms with Crippen LogP contribution in [0.1, 0.15) is 0 Å². The molecule has 0 radical (unpaired) electrons. The van der Waals surface area contributed by atoms with Crippen LogP contribution in [0.3, 0.4) is 0 Å². The maximum atomic E-state index is 5.85. The fourth-order valence-electron chi connectivity index (χ4n) is 1.09. The number of hydrogen-bond acceptors (Lipinski definition) is 4. The number of hydrogen-bond donors (Lipinski definition) is 1. The zero-order valence-electron chi connectivity index (χ0n) is 8.09. The summed E-state index contributed by atoms with van der Waals surface area (Å²) in [5.74, 6) is 0.356. The standard InChI is InChI=1S/C9H4Br2Cl2N4/c10-4-1-2-6(5(11)3-4)14-8-7(12)16-17-9(13)15-8/h1-3H,(H,14,15,17). The summed E-state index contributed by atoms with van der Waals surface area (Å²) in [6.07, 6.45) is 0. The molecule has 2 aromatic rings. The van der Waals surface area contributed by atoms with Crippen molar-refractivity contribution >= 4 is 66.6 Å². The largest absolute Gasteiger partial charge is 0.337 e. The fourth-order valence-corrected chi connectivity index (χ4v) is 2.49. The SMILES string of the molecule is Clc1nnc(Cl)c(Nc2ccc(Br)cc2Br)n1. The van der Waals surface area contributed by atoms with Gasteiger partial charge >= 0.3 is 0 Å². The smallest absolute Gasteiger partial charge is 0.245 e. The monoisotopic (exact) mass is 396 g/mol. The Morgan fingerprint density at radius 3 is 2.59 bits per heavy atom. The van der Waals surface area contributed by atoms with Gasteiger partial charge in [0.25, 0.3) is 0 Å². The minimum Gasteiger partial charge on any atom is -0.337 e. The van der Waals surface area contributed by atoms with Gasteiger partial charge in [0.15, 0.2) is 11.0 Å². The van der Waals surface area contributed by atoms with Gasteiger partial charge in [-0.3, -0.25) is 0 Å². The summed E-state index contributed by atoms with van der Waals surface area (Å²) in [5, 5.41) is 10.4. The van der Waals surface area contributed by atoms with Crippen LogP contribution in [-0.4, -0.2) is 15.2 Å². The number of benzene rings is 1. The number of nitrogens with one attached hydrogen (secondary N) is 1. The zero-order chi connectivity index (χ0) is 12.4. The first-order chi connectivity index (χ1) is 8.06. The second-order valence-corrected chi connectivity index (χ2v) is 5.44. The van der Waals surface area contributed by atoms with Crippen LogP contribution in [0.25, 0.3) is 0 Å². The van der Waals surface area contributed by atoms with Crippen LogP contribution in [-0.2, 0) is 0 Å². The van der Waals surface area contributed by atoms with E-state index in [2.05, 4.69) is 52.4 Å². The molecule has 0 unspecified atom stereocenters.